The summed E-state index contributed by atoms with van der Waals surface area (Å²) >= 11 is 6.09. The quantitative estimate of drug-likeness (QED) is 0.536. The van der Waals surface area contributed by atoms with Crippen LogP contribution >= 0.6 is 11.6 Å². The maximum atomic E-state index is 13.1. The molecule has 0 saturated heterocycles. The summed E-state index contributed by atoms with van der Waals surface area (Å²) in [4.78, 5) is 12.4. The maximum absolute atomic E-state index is 13.1. The summed E-state index contributed by atoms with van der Waals surface area (Å²) in [5, 5.41) is 2.83. The number of sulfonamides is 1. The van der Waals surface area contributed by atoms with E-state index in [0.717, 1.165) is 24.3 Å². The molecule has 0 unspecified atom stereocenters. The molecule has 6 nitrogen and oxygen atoms in total. The van der Waals surface area contributed by atoms with Crippen molar-refractivity contribution in [3.63, 3.8) is 0 Å². The molecule has 0 aliphatic heterocycles. The Labute approximate surface area is 178 Å². The highest BCUT2D eigenvalue weighted by atomic mass is 35.5. The fourth-order valence-electron chi connectivity index (χ4n) is 2.57. The molecule has 0 saturated carbocycles. The summed E-state index contributed by atoms with van der Waals surface area (Å²) < 4.78 is 45.8. The largest absolute Gasteiger partial charge is 0.494 e. The van der Waals surface area contributed by atoms with E-state index in [1.807, 2.05) is 6.92 Å². The number of nitrogens with one attached hydrogen (secondary N) is 2. The highest BCUT2D eigenvalue weighted by Crippen LogP contribution is 2.27. The topological polar surface area (TPSA) is 84.5 Å². The van der Waals surface area contributed by atoms with E-state index in [-0.39, 0.29) is 21.2 Å². The average molecular weight is 449 g/mol. The zero-order valence-electron chi connectivity index (χ0n) is 15.9. The van der Waals surface area contributed by atoms with E-state index >= 15 is 0 Å². The van der Waals surface area contributed by atoms with E-state index in [1.165, 1.54) is 18.2 Å². The van der Waals surface area contributed by atoms with Gasteiger partial charge in [-0.05, 0) is 73.7 Å². The molecular weight excluding hydrogens is 431 g/mol. The lowest BCUT2D eigenvalue weighted by Gasteiger charge is -2.12. The lowest BCUT2D eigenvalue weighted by atomic mass is 10.2. The van der Waals surface area contributed by atoms with Gasteiger partial charge in [-0.2, -0.15) is 0 Å². The highest BCUT2D eigenvalue weighted by Gasteiger charge is 2.17. The third kappa shape index (κ3) is 5.28. The molecule has 0 heterocycles. The van der Waals surface area contributed by atoms with Crippen LogP contribution in [0.2, 0.25) is 5.02 Å². The molecule has 0 aromatic heterocycles. The SMILES string of the molecule is CCOc1ccc(NC(=O)c2ccc(Cl)c(NS(=O)(=O)c3ccc(F)cc3)c2)cc1. The van der Waals surface area contributed by atoms with Gasteiger partial charge in [-0.15, -0.1) is 0 Å². The minimum atomic E-state index is -4.01. The van der Waals surface area contributed by atoms with Crippen molar-refractivity contribution in [3.05, 3.63) is 83.1 Å². The van der Waals surface area contributed by atoms with E-state index in [2.05, 4.69) is 10.0 Å². The number of hydrogen-bond donors (Lipinski definition) is 2. The van der Waals surface area contributed by atoms with Crippen LogP contribution in [-0.4, -0.2) is 20.9 Å². The van der Waals surface area contributed by atoms with Gasteiger partial charge in [0.15, 0.2) is 0 Å². The van der Waals surface area contributed by atoms with E-state index in [1.54, 1.807) is 24.3 Å². The van der Waals surface area contributed by atoms with Crippen molar-refractivity contribution in [3.8, 4) is 5.75 Å². The predicted molar refractivity (Wildman–Crippen MR) is 114 cm³/mol. The van der Waals surface area contributed by atoms with Gasteiger partial charge in [0.2, 0.25) is 0 Å². The maximum Gasteiger partial charge on any atom is 0.261 e. The second-order valence-corrected chi connectivity index (χ2v) is 8.26. The molecule has 0 radical (unpaired) electrons. The van der Waals surface area contributed by atoms with Gasteiger partial charge in [0, 0.05) is 11.3 Å². The molecule has 0 aliphatic carbocycles. The third-order valence-electron chi connectivity index (χ3n) is 4.02. The predicted octanol–water partition coefficient (Wildman–Crippen LogP) is 4.93. The lowest BCUT2D eigenvalue weighted by Crippen LogP contribution is -2.15. The minimum absolute atomic E-state index is 0.0281. The molecule has 3 aromatic carbocycles. The Bertz CT molecular complexity index is 1150. The van der Waals surface area contributed by atoms with E-state index in [9.17, 15) is 17.6 Å². The normalized spacial score (nSPS) is 11.0. The summed E-state index contributed by atoms with van der Waals surface area (Å²) in [6.07, 6.45) is 0. The van der Waals surface area contributed by atoms with Gasteiger partial charge < -0.3 is 10.1 Å². The van der Waals surface area contributed by atoms with Crippen molar-refractivity contribution in [2.45, 2.75) is 11.8 Å². The minimum Gasteiger partial charge on any atom is -0.494 e. The van der Waals surface area contributed by atoms with Gasteiger partial charge in [-0.25, -0.2) is 12.8 Å². The Balaban J connectivity index is 1.78. The van der Waals surface area contributed by atoms with Crippen LogP contribution in [0.4, 0.5) is 15.8 Å². The molecule has 1 amide bonds. The Morgan fingerprint density at radius 3 is 2.33 bits per heavy atom. The molecular formula is C21H18ClFN2O4S. The highest BCUT2D eigenvalue weighted by molar-refractivity contribution is 7.92. The number of amides is 1. The standard InChI is InChI=1S/C21H18ClFN2O4S/c1-2-29-17-8-6-16(7-9-17)24-21(26)14-3-12-19(22)20(13-14)25-30(27,28)18-10-4-15(23)5-11-18/h3-13,25H,2H2,1H3,(H,24,26). The second-order valence-electron chi connectivity index (χ2n) is 6.17. The zero-order valence-corrected chi connectivity index (χ0v) is 17.4. The van der Waals surface area contributed by atoms with Crippen molar-refractivity contribution in [1.29, 1.82) is 0 Å². The van der Waals surface area contributed by atoms with Gasteiger partial charge in [-0.3, -0.25) is 9.52 Å². The fraction of sp³-hybridized carbons (Fsp3) is 0.0952. The van der Waals surface area contributed by atoms with E-state index < -0.39 is 21.7 Å². The summed E-state index contributed by atoms with van der Waals surface area (Å²) in [5.74, 6) is -0.322. The third-order valence-corrected chi connectivity index (χ3v) is 5.73. The number of rotatable bonds is 7. The summed E-state index contributed by atoms with van der Waals surface area (Å²) in [7, 11) is -4.01. The molecule has 0 atom stereocenters. The van der Waals surface area contributed by atoms with Gasteiger partial charge in [0.1, 0.15) is 11.6 Å². The molecule has 2 N–H and O–H groups in total. The number of hydrogen-bond acceptors (Lipinski definition) is 4. The van der Waals surface area contributed by atoms with Crippen LogP contribution in [0.25, 0.3) is 0 Å². The molecule has 0 fully saturated rings. The smallest absolute Gasteiger partial charge is 0.261 e. The molecule has 3 aromatic rings. The van der Waals surface area contributed by atoms with Crippen LogP contribution in [0, 0.1) is 5.82 Å². The Morgan fingerprint density at radius 1 is 1.03 bits per heavy atom. The summed E-state index contributed by atoms with van der Waals surface area (Å²) in [5.41, 5.74) is 0.775. The summed E-state index contributed by atoms with van der Waals surface area (Å²) in [6, 6.07) is 15.4. The van der Waals surface area contributed by atoms with E-state index in [4.69, 9.17) is 16.3 Å². The van der Waals surface area contributed by atoms with Crippen molar-refractivity contribution in [2.24, 2.45) is 0 Å². The average Bonchev–Trinajstić information content (AvgIpc) is 2.71. The number of halogens is 2. The van der Waals surface area contributed by atoms with Crippen LogP contribution in [0.15, 0.2) is 71.6 Å². The van der Waals surface area contributed by atoms with Crippen LogP contribution < -0.4 is 14.8 Å². The van der Waals surface area contributed by atoms with Crippen molar-refractivity contribution < 1.29 is 22.3 Å². The number of anilines is 2. The van der Waals surface area contributed by atoms with Crippen LogP contribution in [0.5, 0.6) is 5.75 Å². The first kappa shape index (κ1) is 21.6. The molecule has 0 aliphatic rings. The molecule has 0 bridgehead atoms. The van der Waals surface area contributed by atoms with Crippen LogP contribution in [-0.2, 0) is 10.0 Å². The number of carbonyl (C=O) groups excluding carboxylic acids is 1. The van der Waals surface area contributed by atoms with Crippen molar-refractivity contribution >= 4 is 38.9 Å². The van der Waals surface area contributed by atoms with Gasteiger partial charge in [0.25, 0.3) is 15.9 Å². The first-order valence-electron chi connectivity index (χ1n) is 8.90. The number of carbonyl (C=O) groups is 1. The Kier molecular flexibility index (Phi) is 6.59. The molecule has 30 heavy (non-hydrogen) atoms. The van der Waals surface area contributed by atoms with Crippen LogP contribution in [0.1, 0.15) is 17.3 Å². The molecule has 156 valence electrons. The molecule has 3 rings (SSSR count). The van der Waals surface area contributed by atoms with Gasteiger partial charge in [-0.1, -0.05) is 11.6 Å². The monoisotopic (exact) mass is 448 g/mol. The molecule has 9 heteroatoms. The lowest BCUT2D eigenvalue weighted by molar-refractivity contribution is 0.102. The van der Waals surface area contributed by atoms with Gasteiger partial charge in [0.05, 0.1) is 22.2 Å². The first-order chi connectivity index (χ1) is 14.3. The van der Waals surface area contributed by atoms with Crippen molar-refractivity contribution in [2.75, 3.05) is 16.6 Å². The Hall–Kier alpha value is -3.10. The second kappa shape index (κ2) is 9.15. The fourth-order valence-corrected chi connectivity index (χ4v) is 3.86. The van der Waals surface area contributed by atoms with Gasteiger partial charge >= 0.3 is 0 Å². The first-order valence-corrected chi connectivity index (χ1v) is 10.8. The number of benzene rings is 3. The van der Waals surface area contributed by atoms with Crippen LogP contribution in [0.3, 0.4) is 0 Å². The number of ether oxygens (including phenoxy) is 1. The van der Waals surface area contributed by atoms with E-state index in [0.29, 0.717) is 18.0 Å². The molecule has 0 spiro atoms. The van der Waals surface area contributed by atoms with Crippen molar-refractivity contribution in [1.82, 2.24) is 0 Å². The Morgan fingerprint density at radius 2 is 1.70 bits per heavy atom. The zero-order chi connectivity index (χ0) is 21.7. The summed E-state index contributed by atoms with van der Waals surface area (Å²) in [6.45, 7) is 2.41.